The third kappa shape index (κ3) is 3.31. The van der Waals surface area contributed by atoms with Crippen molar-refractivity contribution in [2.75, 3.05) is 13.1 Å². The van der Waals surface area contributed by atoms with Gasteiger partial charge < -0.3 is 9.88 Å². The van der Waals surface area contributed by atoms with E-state index in [1.165, 1.54) is 11.8 Å². The standard InChI is InChI=1S/C19H21N5OS/c1-11-8-12(2)21-19(20-11)26-13(3)18(25)24-9-14(10-24)17-22-15-6-4-5-7-16(15)23-17/h4-8,13-14H,9-10H2,1-3H3,(H,22,23)/t13-/m0/s1. The zero-order valence-corrected chi connectivity index (χ0v) is 15.9. The maximum atomic E-state index is 12.7. The molecule has 1 aromatic carbocycles. The number of hydrogen-bond donors (Lipinski definition) is 1. The number of benzene rings is 1. The van der Waals surface area contributed by atoms with E-state index in [-0.39, 0.29) is 17.1 Å². The van der Waals surface area contributed by atoms with Gasteiger partial charge in [0, 0.05) is 24.5 Å². The number of aromatic amines is 1. The summed E-state index contributed by atoms with van der Waals surface area (Å²) >= 11 is 1.42. The lowest BCUT2D eigenvalue weighted by atomic mass is 9.99. The number of H-pyrrole nitrogens is 1. The fraction of sp³-hybridized carbons (Fsp3) is 0.368. The lowest BCUT2D eigenvalue weighted by Gasteiger charge is -2.39. The van der Waals surface area contributed by atoms with Crippen LogP contribution < -0.4 is 0 Å². The van der Waals surface area contributed by atoms with Gasteiger partial charge in [-0.25, -0.2) is 15.0 Å². The highest BCUT2D eigenvalue weighted by Crippen LogP contribution is 2.30. The minimum Gasteiger partial charge on any atom is -0.342 e. The second-order valence-electron chi connectivity index (χ2n) is 6.77. The molecule has 1 saturated heterocycles. The molecule has 0 unspecified atom stereocenters. The number of thioether (sulfide) groups is 1. The molecule has 1 aliphatic rings. The summed E-state index contributed by atoms with van der Waals surface area (Å²) in [6, 6.07) is 9.94. The van der Waals surface area contributed by atoms with Crippen molar-refractivity contribution in [2.45, 2.75) is 37.1 Å². The normalized spacial score (nSPS) is 15.9. The molecule has 0 radical (unpaired) electrons. The minimum atomic E-state index is -0.201. The summed E-state index contributed by atoms with van der Waals surface area (Å²) in [5, 5.41) is 0.463. The summed E-state index contributed by atoms with van der Waals surface area (Å²) < 4.78 is 0. The van der Waals surface area contributed by atoms with Crippen molar-refractivity contribution in [3.05, 3.63) is 47.5 Å². The number of nitrogens with zero attached hydrogens (tertiary/aromatic N) is 4. The van der Waals surface area contributed by atoms with Crippen LogP contribution in [0, 0.1) is 13.8 Å². The molecule has 0 aliphatic carbocycles. The van der Waals surface area contributed by atoms with Crippen molar-refractivity contribution >= 4 is 28.7 Å². The molecule has 3 aromatic rings. The lowest BCUT2D eigenvalue weighted by Crippen LogP contribution is -2.51. The predicted octanol–water partition coefficient (Wildman–Crippen LogP) is 3.08. The lowest BCUT2D eigenvalue weighted by molar-refractivity contribution is -0.134. The van der Waals surface area contributed by atoms with Crippen molar-refractivity contribution in [1.29, 1.82) is 0 Å². The van der Waals surface area contributed by atoms with Gasteiger partial charge in [-0.3, -0.25) is 4.79 Å². The Morgan fingerprint density at radius 2 is 1.88 bits per heavy atom. The molecular formula is C19H21N5OS. The number of aryl methyl sites for hydroxylation is 2. The summed E-state index contributed by atoms with van der Waals surface area (Å²) in [6.45, 7) is 7.22. The SMILES string of the molecule is Cc1cc(C)nc(S[C@@H](C)C(=O)N2CC(c3nc4ccccc4[nH]3)C2)n1. The molecule has 2 aromatic heterocycles. The van der Waals surface area contributed by atoms with E-state index in [9.17, 15) is 4.79 Å². The molecule has 1 aliphatic heterocycles. The number of nitrogens with one attached hydrogen (secondary N) is 1. The molecule has 4 rings (SSSR count). The van der Waals surface area contributed by atoms with Crippen molar-refractivity contribution in [3.63, 3.8) is 0 Å². The quantitative estimate of drug-likeness (QED) is 0.567. The Balaban J connectivity index is 1.37. The Morgan fingerprint density at radius 3 is 2.58 bits per heavy atom. The third-order valence-corrected chi connectivity index (χ3v) is 5.53. The van der Waals surface area contributed by atoms with Crippen molar-refractivity contribution in [1.82, 2.24) is 24.8 Å². The van der Waals surface area contributed by atoms with Crippen molar-refractivity contribution in [2.24, 2.45) is 0 Å². The van der Waals surface area contributed by atoms with E-state index in [1.807, 2.05) is 56.0 Å². The van der Waals surface area contributed by atoms with Crippen LogP contribution in [0.1, 0.15) is 30.1 Å². The topological polar surface area (TPSA) is 74.8 Å². The first-order valence-electron chi connectivity index (χ1n) is 8.72. The van der Waals surface area contributed by atoms with Gasteiger partial charge in [-0.05, 0) is 39.0 Å². The molecule has 0 spiro atoms. The smallest absolute Gasteiger partial charge is 0.235 e. The molecule has 1 N–H and O–H groups in total. The second kappa shape index (κ2) is 6.72. The maximum Gasteiger partial charge on any atom is 0.235 e. The largest absolute Gasteiger partial charge is 0.342 e. The number of fused-ring (bicyclic) bond motifs is 1. The van der Waals surface area contributed by atoms with Gasteiger partial charge in [-0.1, -0.05) is 23.9 Å². The van der Waals surface area contributed by atoms with E-state index < -0.39 is 0 Å². The van der Waals surface area contributed by atoms with Gasteiger partial charge in [0.05, 0.1) is 22.2 Å². The predicted molar refractivity (Wildman–Crippen MR) is 102 cm³/mol. The summed E-state index contributed by atoms with van der Waals surface area (Å²) in [5.41, 5.74) is 3.87. The summed E-state index contributed by atoms with van der Waals surface area (Å²) in [7, 11) is 0. The Kier molecular flexibility index (Phi) is 4.40. The fourth-order valence-corrected chi connectivity index (χ4v) is 4.17. The Bertz CT molecular complexity index is 910. The number of para-hydroxylation sites is 2. The highest BCUT2D eigenvalue weighted by molar-refractivity contribution is 8.00. The zero-order valence-electron chi connectivity index (χ0n) is 15.1. The Labute approximate surface area is 156 Å². The molecule has 0 bridgehead atoms. The summed E-state index contributed by atoms with van der Waals surface area (Å²) in [5.74, 6) is 1.37. The van der Waals surface area contributed by atoms with Crippen LogP contribution in [0.2, 0.25) is 0 Å². The van der Waals surface area contributed by atoms with E-state index in [2.05, 4.69) is 19.9 Å². The molecule has 134 valence electrons. The monoisotopic (exact) mass is 367 g/mol. The van der Waals surface area contributed by atoms with Crippen LogP contribution in [-0.4, -0.2) is 49.1 Å². The second-order valence-corrected chi connectivity index (χ2v) is 8.08. The van der Waals surface area contributed by atoms with Crippen molar-refractivity contribution < 1.29 is 4.79 Å². The number of imidazole rings is 1. The zero-order chi connectivity index (χ0) is 18.3. The number of likely N-dealkylation sites (tertiary alicyclic amines) is 1. The van der Waals surface area contributed by atoms with E-state index in [0.717, 1.165) is 28.2 Å². The van der Waals surface area contributed by atoms with E-state index in [0.29, 0.717) is 18.2 Å². The number of amides is 1. The number of carbonyl (C=O) groups excluding carboxylic acids is 1. The van der Waals surface area contributed by atoms with Gasteiger partial charge in [-0.15, -0.1) is 0 Å². The van der Waals surface area contributed by atoms with Crippen LogP contribution >= 0.6 is 11.8 Å². The first kappa shape index (κ1) is 17.0. The number of hydrogen-bond acceptors (Lipinski definition) is 5. The van der Waals surface area contributed by atoms with Crippen LogP contribution in [0.4, 0.5) is 0 Å². The molecule has 1 atom stereocenters. The van der Waals surface area contributed by atoms with Gasteiger partial charge >= 0.3 is 0 Å². The van der Waals surface area contributed by atoms with E-state index in [4.69, 9.17) is 0 Å². The van der Waals surface area contributed by atoms with Crippen LogP contribution in [0.3, 0.4) is 0 Å². The van der Waals surface area contributed by atoms with Crippen LogP contribution in [-0.2, 0) is 4.79 Å². The number of aromatic nitrogens is 4. The first-order chi connectivity index (χ1) is 12.5. The van der Waals surface area contributed by atoms with E-state index >= 15 is 0 Å². The van der Waals surface area contributed by atoms with Gasteiger partial charge in [0.15, 0.2) is 5.16 Å². The first-order valence-corrected chi connectivity index (χ1v) is 9.60. The molecule has 6 nitrogen and oxygen atoms in total. The molecular weight excluding hydrogens is 346 g/mol. The van der Waals surface area contributed by atoms with Crippen LogP contribution in [0.5, 0.6) is 0 Å². The van der Waals surface area contributed by atoms with Crippen molar-refractivity contribution in [3.8, 4) is 0 Å². The fourth-order valence-electron chi connectivity index (χ4n) is 3.21. The number of carbonyl (C=O) groups is 1. The van der Waals surface area contributed by atoms with Gasteiger partial charge in [0.1, 0.15) is 5.82 Å². The molecule has 26 heavy (non-hydrogen) atoms. The Morgan fingerprint density at radius 1 is 1.19 bits per heavy atom. The molecule has 3 heterocycles. The summed E-state index contributed by atoms with van der Waals surface area (Å²) in [6.07, 6.45) is 0. The molecule has 0 saturated carbocycles. The van der Waals surface area contributed by atoms with Gasteiger partial charge in [0.2, 0.25) is 5.91 Å². The van der Waals surface area contributed by atoms with E-state index in [1.54, 1.807) is 0 Å². The van der Waals surface area contributed by atoms with Gasteiger partial charge in [0.25, 0.3) is 0 Å². The highest BCUT2D eigenvalue weighted by atomic mass is 32.2. The minimum absolute atomic E-state index is 0.130. The Hall–Kier alpha value is -2.41. The molecule has 1 amide bonds. The average Bonchev–Trinajstić information content (AvgIpc) is 2.95. The average molecular weight is 367 g/mol. The van der Waals surface area contributed by atoms with Crippen LogP contribution in [0.25, 0.3) is 11.0 Å². The molecule has 1 fully saturated rings. The molecule has 7 heteroatoms. The highest BCUT2D eigenvalue weighted by Gasteiger charge is 2.36. The maximum absolute atomic E-state index is 12.7. The van der Waals surface area contributed by atoms with Gasteiger partial charge in [-0.2, -0.15) is 0 Å². The number of rotatable bonds is 4. The summed E-state index contributed by atoms with van der Waals surface area (Å²) in [4.78, 5) is 31.4. The third-order valence-electron chi connectivity index (χ3n) is 4.58. The van der Waals surface area contributed by atoms with Crippen LogP contribution in [0.15, 0.2) is 35.5 Å².